The molecule has 0 aliphatic rings. The van der Waals surface area contributed by atoms with Crippen LogP contribution in [0, 0.1) is 6.92 Å². The summed E-state index contributed by atoms with van der Waals surface area (Å²) in [4.78, 5) is 37.3. The van der Waals surface area contributed by atoms with Gasteiger partial charge in [-0.25, -0.2) is 9.59 Å². The molecule has 0 saturated carbocycles. The van der Waals surface area contributed by atoms with E-state index in [9.17, 15) is 14.4 Å². The van der Waals surface area contributed by atoms with Gasteiger partial charge in [-0.05, 0) is 66.4 Å². The summed E-state index contributed by atoms with van der Waals surface area (Å²) in [5, 5.41) is 2.88. The van der Waals surface area contributed by atoms with Crippen molar-refractivity contribution in [2.45, 2.75) is 34.1 Å². The number of hydrogen-bond acceptors (Lipinski definition) is 7. The maximum atomic E-state index is 12.5. The van der Waals surface area contributed by atoms with Crippen molar-refractivity contribution < 1.29 is 28.6 Å². The third-order valence-corrected chi connectivity index (χ3v) is 5.91. The van der Waals surface area contributed by atoms with Gasteiger partial charge in [0.1, 0.15) is 15.6 Å². The number of carbonyl (C=O) groups is 3. The Hall–Kier alpha value is -2.39. The van der Waals surface area contributed by atoms with Gasteiger partial charge >= 0.3 is 11.9 Å². The molecule has 0 aliphatic heterocycles. The second-order valence-electron chi connectivity index (χ2n) is 6.16. The molecule has 0 saturated heterocycles. The highest BCUT2D eigenvalue weighted by atomic mass is 79.9. The lowest BCUT2D eigenvalue weighted by Crippen LogP contribution is -2.21. The predicted molar refractivity (Wildman–Crippen MR) is 119 cm³/mol. The molecule has 0 bridgehead atoms. The zero-order valence-corrected chi connectivity index (χ0v) is 19.7. The lowest BCUT2D eigenvalue weighted by atomic mass is 10.1. The summed E-state index contributed by atoms with van der Waals surface area (Å²) in [5.74, 6) is -1.11. The van der Waals surface area contributed by atoms with Gasteiger partial charge in [0.05, 0.1) is 23.2 Å². The number of anilines is 1. The molecule has 1 aromatic heterocycles. The summed E-state index contributed by atoms with van der Waals surface area (Å²) in [6.07, 6.45) is 0.885. The van der Waals surface area contributed by atoms with Crippen LogP contribution in [-0.2, 0) is 20.7 Å². The van der Waals surface area contributed by atoms with Gasteiger partial charge in [0.25, 0.3) is 5.91 Å². The molecule has 0 radical (unpaired) electrons. The van der Waals surface area contributed by atoms with Crippen LogP contribution in [-0.4, -0.2) is 37.7 Å². The number of nitrogens with one attached hydrogen (secondary N) is 1. The fourth-order valence-corrected chi connectivity index (χ4v) is 4.27. The molecule has 2 aromatic rings. The maximum absolute atomic E-state index is 12.5. The predicted octanol–water partition coefficient (Wildman–Crippen LogP) is 4.75. The topological polar surface area (TPSA) is 90.9 Å². The quantitative estimate of drug-likeness (QED) is 0.502. The minimum atomic E-state index is -0.615. The molecule has 0 fully saturated rings. The van der Waals surface area contributed by atoms with Crippen molar-refractivity contribution in [2.24, 2.45) is 0 Å². The van der Waals surface area contributed by atoms with E-state index in [-0.39, 0.29) is 35.3 Å². The number of benzene rings is 1. The van der Waals surface area contributed by atoms with Crippen LogP contribution in [0.15, 0.2) is 22.7 Å². The summed E-state index contributed by atoms with van der Waals surface area (Å²) < 4.78 is 16.4. The highest BCUT2D eigenvalue weighted by Crippen LogP contribution is 2.34. The Balaban J connectivity index is 2.19. The van der Waals surface area contributed by atoms with Gasteiger partial charge in [-0.3, -0.25) is 4.79 Å². The Kier molecular flexibility index (Phi) is 8.86. The van der Waals surface area contributed by atoms with Crippen LogP contribution < -0.4 is 10.1 Å². The Morgan fingerprint density at radius 2 is 1.73 bits per heavy atom. The molecule has 2 rings (SSSR count). The van der Waals surface area contributed by atoms with E-state index >= 15 is 0 Å². The molecule has 1 N–H and O–H groups in total. The van der Waals surface area contributed by atoms with Gasteiger partial charge in [0.2, 0.25) is 0 Å². The number of ether oxygens (including phenoxy) is 3. The SMILES string of the molecule is CCOC(=O)c1sc(NC(=O)COc2ccc(CC)cc2Br)c(C(=O)OCC)c1C. The lowest BCUT2D eigenvalue weighted by molar-refractivity contribution is -0.118. The van der Waals surface area contributed by atoms with E-state index in [1.807, 2.05) is 19.1 Å². The first kappa shape index (κ1) is 23.9. The zero-order valence-electron chi connectivity index (χ0n) is 17.3. The largest absolute Gasteiger partial charge is 0.483 e. The van der Waals surface area contributed by atoms with Gasteiger partial charge < -0.3 is 19.5 Å². The maximum Gasteiger partial charge on any atom is 0.348 e. The fraction of sp³-hybridized carbons (Fsp3) is 0.381. The van der Waals surface area contributed by atoms with E-state index in [4.69, 9.17) is 14.2 Å². The van der Waals surface area contributed by atoms with Crippen molar-refractivity contribution in [3.63, 3.8) is 0 Å². The Morgan fingerprint density at radius 3 is 2.33 bits per heavy atom. The Morgan fingerprint density at radius 1 is 1.07 bits per heavy atom. The number of carbonyl (C=O) groups excluding carboxylic acids is 3. The van der Waals surface area contributed by atoms with Crippen LogP contribution in [0.2, 0.25) is 0 Å². The fourth-order valence-electron chi connectivity index (χ4n) is 2.63. The first-order valence-electron chi connectivity index (χ1n) is 9.50. The van der Waals surface area contributed by atoms with Crippen molar-refractivity contribution in [1.29, 1.82) is 0 Å². The number of rotatable bonds is 9. The van der Waals surface area contributed by atoms with Crippen molar-refractivity contribution in [2.75, 3.05) is 25.1 Å². The smallest absolute Gasteiger partial charge is 0.348 e. The molecule has 9 heteroatoms. The van der Waals surface area contributed by atoms with Crippen LogP contribution >= 0.6 is 27.3 Å². The molecule has 0 atom stereocenters. The van der Waals surface area contributed by atoms with Gasteiger partial charge in [0.15, 0.2) is 6.61 Å². The molecule has 1 heterocycles. The molecule has 0 aliphatic carbocycles. The average Bonchev–Trinajstić information content (AvgIpc) is 3.03. The van der Waals surface area contributed by atoms with Crippen molar-refractivity contribution in [1.82, 2.24) is 0 Å². The molecule has 7 nitrogen and oxygen atoms in total. The Bertz CT molecular complexity index is 940. The van der Waals surface area contributed by atoms with Crippen LogP contribution in [0.5, 0.6) is 5.75 Å². The van der Waals surface area contributed by atoms with Crippen LogP contribution in [0.3, 0.4) is 0 Å². The summed E-state index contributed by atoms with van der Waals surface area (Å²) >= 11 is 4.40. The number of aryl methyl sites for hydroxylation is 1. The third-order valence-electron chi connectivity index (χ3n) is 4.10. The van der Waals surface area contributed by atoms with Gasteiger partial charge in [-0.1, -0.05) is 13.0 Å². The van der Waals surface area contributed by atoms with Crippen molar-refractivity contribution in [3.05, 3.63) is 44.2 Å². The number of esters is 2. The molecule has 1 aromatic carbocycles. The molecule has 0 spiro atoms. The van der Waals surface area contributed by atoms with E-state index in [2.05, 4.69) is 21.2 Å². The number of hydrogen-bond donors (Lipinski definition) is 1. The molecular formula is C21H24BrNO6S. The second kappa shape index (κ2) is 11.1. The minimum Gasteiger partial charge on any atom is -0.483 e. The summed E-state index contributed by atoms with van der Waals surface area (Å²) in [5.41, 5.74) is 1.69. The first-order valence-corrected chi connectivity index (χ1v) is 11.1. The highest BCUT2D eigenvalue weighted by Gasteiger charge is 2.27. The van der Waals surface area contributed by atoms with E-state index in [1.54, 1.807) is 26.8 Å². The van der Waals surface area contributed by atoms with Crippen molar-refractivity contribution in [3.8, 4) is 5.75 Å². The summed E-state index contributed by atoms with van der Waals surface area (Å²) in [7, 11) is 0. The van der Waals surface area contributed by atoms with Crippen LogP contribution in [0.1, 0.15) is 51.9 Å². The normalized spacial score (nSPS) is 10.4. The minimum absolute atomic E-state index is 0.145. The summed E-state index contributed by atoms with van der Waals surface area (Å²) in [6, 6.07) is 5.64. The Labute approximate surface area is 187 Å². The number of amides is 1. The lowest BCUT2D eigenvalue weighted by Gasteiger charge is -2.10. The molecule has 162 valence electrons. The molecule has 30 heavy (non-hydrogen) atoms. The molecule has 0 unspecified atom stereocenters. The molecule has 1 amide bonds. The third kappa shape index (κ3) is 5.82. The first-order chi connectivity index (χ1) is 14.3. The van der Waals surface area contributed by atoms with Crippen LogP contribution in [0.4, 0.5) is 5.00 Å². The van der Waals surface area contributed by atoms with Gasteiger partial charge in [-0.15, -0.1) is 11.3 Å². The average molecular weight is 498 g/mol. The van der Waals surface area contributed by atoms with E-state index in [0.717, 1.165) is 27.8 Å². The monoisotopic (exact) mass is 497 g/mol. The summed E-state index contributed by atoms with van der Waals surface area (Å²) in [6.45, 7) is 7.14. The number of thiophene rings is 1. The van der Waals surface area contributed by atoms with E-state index in [0.29, 0.717) is 11.3 Å². The second-order valence-corrected chi connectivity index (χ2v) is 8.03. The van der Waals surface area contributed by atoms with E-state index in [1.165, 1.54) is 0 Å². The standard InChI is InChI=1S/C21H24BrNO6S/c1-5-13-8-9-15(14(22)10-13)29-11-16(24)23-19-17(20(25)27-6-2)12(4)18(30-19)21(26)28-7-3/h8-10H,5-7,11H2,1-4H3,(H,23,24). The van der Waals surface area contributed by atoms with Gasteiger partial charge in [0, 0.05) is 0 Å². The van der Waals surface area contributed by atoms with Gasteiger partial charge in [-0.2, -0.15) is 0 Å². The number of halogens is 1. The van der Waals surface area contributed by atoms with Crippen molar-refractivity contribution >= 4 is 50.1 Å². The zero-order chi connectivity index (χ0) is 22.3. The van der Waals surface area contributed by atoms with Crippen LogP contribution in [0.25, 0.3) is 0 Å². The van der Waals surface area contributed by atoms with E-state index < -0.39 is 17.8 Å². The molecular weight excluding hydrogens is 474 g/mol. The highest BCUT2D eigenvalue weighted by molar-refractivity contribution is 9.10.